The smallest absolute Gasteiger partial charge is 0.131 e. The van der Waals surface area contributed by atoms with Gasteiger partial charge in [0.15, 0.2) is 0 Å². The Hall–Kier alpha value is -1.81. The normalized spacial score (nSPS) is 12.5. The number of rotatable bonds is 2. The number of hydrogen-bond donors (Lipinski definition) is 1. The van der Waals surface area contributed by atoms with Crippen LogP contribution in [0.1, 0.15) is 28.3 Å². The molecule has 2 N–H and O–H groups in total. The van der Waals surface area contributed by atoms with E-state index in [9.17, 15) is 13.2 Å². The van der Waals surface area contributed by atoms with E-state index in [0.717, 1.165) is 12.1 Å². The summed E-state index contributed by atoms with van der Waals surface area (Å²) in [7, 11) is 0. The summed E-state index contributed by atoms with van der Waals surface area (Å²) >= 11 is 0. The third-order valence-corrected chi connectivity index (χ3v) is 3.17. The van der Waals surface area contributed by atoms with Crippen LogP contribution < -0.4 is 5.73 Å². The van der Waals surface area contributed by atoms with Crippen LogP contribution in [-0.2, 0) is 0 Å². The van der Waals surface area contributed by atoms with E-state index in [1.54, 1.807) is 13.8 Å². The van der Waals surface area contributed by atoms with Crippen molar-refractivity contribution in [1.29, 1.82) is 0 Å². The topological polar surface area (TPSA) is 26.0 Å². The molecule has 19 heavy (non-hydrogen) atoms. The zero-order valence-corrected chi connectivity index (χ0v) is 10.7. The summed E-state index contributed by atoms with van der Waals surface area (Å²) < 4.78 is 39.9. The maximum atomic E-state index is 13.7. The van der Waals surface area contributed by atoms with Crippen molar-refractivity contribution in [2.24, 2.45) is 5.73 Å². The Morgan fingerprint density at radius 2 is 1.47 bits per heavy atom. The highest BCUT2D eigenvalue weighted by Gasteiger charge is 2.18. The molecule has 2 aromatic carbocycles. The fourth-order valence-electron chi connectivity index (χ4n) is 2.32. The molecule has 0 aliphatic heterocycles. The highest BCUT2D eigenvalue weighted by atomic mass is 19.1. The van der Waals surface area contributed by atoms with Crippen molar-refractivity contribution in [3.63, 3.8) is 0 Å². The predicted octanol–water partition coefficient (Wildman–Crippen LogP) is 3.77. The highest BCUT2D eigenvalue weighted by Crippen LogP contribution is 2.28. The number of halogens is 3. The van der Waals surface area contributed by atoms with E-state index in [4.69, 9.17) is 5.73 Å². The zero-order valence-electron chi connectivity index (χ0n) is 10.7. The van der Waals surface area contributed by atoms with Crippen molar-refractivity contribution in [2.75, 3.05) is 0 Å². The van der Waals surface area contributed by atoms with Gasteiger partial charge in [0.1, 0.15) is 17.5 Å². The van der Waals surface area contributed by atoms with Gasteiger partial charge >= 0.3 is 0 Å². The molecule has 0 spiro atoms. The van der Waals surface area contributed by atoms with Crippen LogP contribution in [0.4, 0.5) is 13.2 Å². The molecule has 0 aromatic heterocycles. The van der Waals surface area contributed by atoms with E-state index in [2.05, 4.69) is 0 Å². The van der Waals surface area contributed by atoms with Crippen molar-refractivity contribution in [1.82, 2.24) is 0 Å². The molecular weight excluding hydrogens is 251 g/mol. The van der Waals surface area contributed by atoms with Crippen molar-refractivity contribution in [3.05, 3.63) is 70.0 Å². The molecule has 4 heteroatoms. The lowest BCUT2D eigenvalue weighted by atomic mass is 9.91. The van der Waals surface area contributed by atoms with Gasteiger partial charge in [-0.15, -0.1) is 0 Å². The number of aryl methyl sites for hydroxylation is 2. The third kappa shape index (κ3) is 2.63. The van der Waals surface area contributed by atoms with Gasteiger partial charge in [0.05, 0.1) is 6.04 Å². The Morgan fingerprint density at radius 1 is 0.895 bits per heavy atom. The van der Waals surface area contributed by atoms with E-state index < -0.39 is 17.7 Å². The molecule has 2 rings (SSSR count). The van der Waals surface area contributed by atoms with Crippen LogP contribution in [0.2, 0.25) is 0 Å². The van der Waals surface area contributed by atoms with Crippen LogP contribution in [0.5, 0.6) is 0 Å². The molecule has 0 bridgehead atoms. The minimum atomic E-state index is -0.749. The standard InChI is InChI=1S/C15H14F3N/c1-8-5-11(17)6-9(2)14(8)15(19)12-4-3-10(16)7-13(12)18/h3-7,15H,19H2,1-2H3. The molecule has 1 atom stereocenters. The van der Waals surface area contributed by atoms with Gasteiger partial charge in [-0.25, -0.2) is 13.2 Å². The Labute approximate surface area is 109 Å². The van der Waals surface area contributed by atoms with Gasteiger partial charge in [0.2, 0.25) is 0 Å². The first-order valence-electron chi connectivity index (χ1n) is 5.87. The molecule has 0 aliphatic rings. The molecule has 0 fully saturated rings. The second-order valence-corrected chi connectivity index (χ2v) is 4.60. The second kappa shape index (κ2) is 5.05. The number of hydrogen-bond acceptors (Lipinski definition) is 1. The van der Waals surface area contributed by atoms with E-state index in [-0.39, 0.29) is 11.4 Å². The third-order valence-electron chi connectivity index (χ3n) is 3.17. The largest absolute Gasteiger partial charge is 0.320 e. The molecule has 0 saturated heterocycles. The molecule has 0 heterocycles. The SMILES string of the molecule is Cc1cc(F)cc(C)c1C(N)c1ccc(F)cc1F. The molecule has 2 aromatic rings. The predicted molar refractivity (Wildman–Crippen MR) is 68.3 cm³/mol. The van der Waals surface area contributed by atoms with E-state index >= 15 is 0 Å². The molecule has 0 saturated carbocycles. The molecule has 100 valence electrons. The Balaban J connectivity index is 2.53. The lowest BCUT2D eigenvalue weighted by Gasteiger charge is -2.18. The van der Waals surface area contributed by atoms with Crippen LogP contribution in [-0.4, -0.2) is 0 Å². The van der Waals surface area contributed by atoms with Gasteiger partial charge in [-0.1, -0.05) is 6.07 Å². The van der Waals surface area contributed by atoms with E-state index in [1.165, 1.54) is 18.2 Å². The first kappa shape index (κ1) is 13.6. The minimum Gasteiger partial charge on any atom is -0.320 e. The van der Waals surface area contributed by atoms with Gasteiger partial charge in [-0.2, -0.15) is 0 Å². The summed E-state index contributed by atoms with van der Waals surface area (Å²) in [5.74, 6) is -1.71. The molecule has 0 amide bonds. The molecule has 1 unspecified atom stereocenters. The van der Waals surface area contributed by atoms with Crippen LogP contribution in [0.3, 0.4) is 0 Å². The van der Waals surface area contributed by atoms with Crippen molar-refractivity contribution >= 4 is 0 Å². The van der Waals surface area contributed by atoms with Gasteiger partial charge < -0.3 is 5.73 Å². The van der Waals surface area contributed by atoms with Gasteiger partial charge in [-0.3, -0.25) is 0 Å². The van der Waals surface area contributed by atoms with Crippen molar-refractivity contribution < 1.29 is 13.2 Å². The fraction of sp³-hybridized carbons (Fsp3) is 0.200. The highest BCUT2D eigenvalue weighted by molar-refractivity contribution is 5.42. The fourth-order valence-corrected chi connectivity index (χ4v) is 2.32. The Kier molecular flexibility index (Phi) is 3.62. The van der Waals surface area contributed by atoms with Crippen molar-refractivity contribution in [3.8, 4) is 0 Å². The first-order chi connectivity index (χ1) is 8.90. The lowest BCUT2D eigenvalue weighted by Crippen LogP contribution is -2.16. The monoisotopic (exact) mass is 265 g/mol. The Bertz CT molecular complexity index is 600. The molecular formula is C15H14F3N. The molecule has 1 nitrogen and oxygen atoms in total. The second-order valence-electron chi connectivity index (χ2n) is 4.60. The van der Waals surface area contributed by atoms with E-state index in [1.807, 2.05) is 0 Å². The summed E-state index contributed by atoms with van der Waals surface area (Å²) in [4.78, 5) is 0. The number of benzene rings is 2. The average molecular weight is 265 g/mol. The minimum absolute atomic E-state index is 0.194. The van der Waals surface area contributed by atoms with Crippen LogP contribution in [0.25, 0.3) is 0 Å². The first-order valence-corrected chi connectivity index (χ1v) is 5.87. The summed E-state index contributed by atoms with van der Waals surface area (Å²) in [5, 5.41) is 0. The summed E-state index contributed by atoms with van der Waals surface area (Å²) in [6.45, 7) is 3.43. The van der Waals surface area contributed by atoms with Crippen molar-refractivity contribution in [2.45, 2.75) is 19.9 Å². The maximum absolute atomic E-state index is 13.7. The maximum Gasteiger partial charge on any atom is 0.131 e. The molecule has 0 aliphatic carbocycles. The van der Waals surface area contributed by atoms with Gasteiger partial charge in [0, 0.05) is 11.6 Å². The Morgan fingerprint density at radius 3 is 2.00 bits per heavy atom. The van der Waals surface area contributed by atoms with Crippen LogP contribution >= 0.6 is 0 Å². The lowest BCUT2D eigenvalue weighted by molar-refractivity contribution is 0.565. The summed E-state index contributed by atoms with van der Waals surface area (Å²) in [5.41, 5.74) is 8.18. The van der Waals surface area contributed by atoms with E-state index in [0.29, 0.717) is 16.7 Å². The average Bonchev–Trinajstić information content (AvgIpc) is 2.26. The van der Waals surface area contributed by atoms with Crippen LogP contribution in [0.15, 0.2) is 30.3 Å². The van der Waals surface area contributed by atoms with Gasteiger partial charge in [0.25, 0.3) is 0 Å². The molecule has 0 radical (unpaired) electrons. The summed E-state index contributed by atoms with van der Waals surface area (Å²) in [6.07, 6.45) is 0. The van der Waals surface area contributed by atoms with Gasteiger partial charge in [-0.05, 0) is 48.7 Å². The number of nitrogens with two attached hydrogens (primary N) is 1. The summed E-state index contributed by atoms with van der Waals surface area (Å²) in [6, 6.07) is 5.22. The zero-order chi connectivity index (χ0) is 14.2. The van der Waals surface area contributed by atoms with Crippen LogP contribution in [0, 0.1) is 31.3 Å². The quantitative estimate of drug-likeness (QED) is 0.878.